The van der Waals surface area contributed by atoms with Crippen molar-refractivity contribution >= 4 is 24.0 Å². The number of nitrogens with zero attached hydrogens (tertiary/aromatic N) is 1. The molecule has 1 aromatic rings. The van der Waals surface area contributed by atoms with Gasteiger partial charge in [-0.25, -0.2) is 4.98 Å². The maximum Gasteiger partial charge on any atom is 0.232 e. The van der Waals surface area contributed by atoms with Crippen molar-refractivity contribution in [3.05, 3.63) is 23.4 Å². The first-order valence-corrected chi connectivity index (χ1v) is 6.72. The molecule has 2 heterocycles. The molecule has 0 spiro atoms. The van der Waals surface area contributed by atoms with E-state index in [2.05, 4.69) is 38.0 Å². The molecule has 1 N–H and O–H groups in total. The summed E-state index contributed by atoms with van der Waals surface area (Å²) in [7, 11) is 0. The molecule has 0 radical (unpaired) electrons. The van der Waals surface area contributed by atoms with Gasteiger partial charge in [0.05, 0.1) is 0 Å². The number of hydrogen-bond donors (Lipinski definition) is 1. The molecule has 0 atom stereocenters. The highest BCUT2D eigenvalue weighted by Gasteiger charge is 2.39. The van der Waals surface area contributed by atoms with Crippen LogP contribution in [0.1, 0.15) is 40.5 Å². The zero-order valence-corrected chi connectivity index (χ0v) is 13.4. The summed E-state index contributed by atoms with van der Waals surface area (Å²) in [6.45, 7) is 8.79. The molecule has 108 valence electrons. The van der Waals surface area contributed by atoms with Gasteiger partial charge in [-0.3, -0.25) is 0 Å². The van der Waals surface area contributed by atoms with Crippen LogP contribution in [0.3, 0.4) is 0 Å². The number of aromatic nitrogens is 1. The number of hydrogen-bond acceptors (Lipinski definition) is 3. The maximum atomic E-state index is 6.08. The van der Waals surface area contributed by atoms with Crippen molar-refractivity contribution in [2.45, 2.75) is 57.7 Å². The fraction of sp³-hybridized carbons (Fsp3) is 0.643. The van der Waals surface area contributed by atoms with Crippen LogP contribution in [0.15, 0.2) is 18.3 Å². The lowest BCUT2D eigenvalue weighted by atomic mass is 9.81. The van der Waals surface area contributed by atoms with E-state index in [0.717, 1.165) is 12.8 Å². The van der Waals surface area contributed by atoms with Crippen LogP contribution in [0.5, 0.6) is 5.88 Å². The van der Waals surface area contributed by atoms with Crippen LogP contribution in [0.4, 0.5) is 0 Å². The second-order valence-corrected chi connectivity index (χ2v) is 6.74. The predicted molar refractivity (Wildman–Crippen MR) is 81.4 cm³/mol. The average Bonchev–Trinajstić information content (AvgIpc) is 2.16. The van der Waals surface area contributed by atoms with Gasteiger partial charge in [0.2, 0.25) is 5.88 Å². The maximum absolute atomic E-state index is 6.08. The molecule has 1 aromatic heterocycles. The Bertz CT molecular complexity index is 419. The van der Waals surface area contributed by atoms with Gasteiger partial charge >= 0.3 is 0 Å². The average molecular weight is 305 g/mol. The van der Waals surface area contributed by atoms with Crippen molar-refractivity contribution < 1.29 is 4.74 Å². The first-order chi connectivity index (χ1) is 8.27. The molecule has 19 heavy (non-hydrogen) atoms. The highest BCUT2D eigenvalue weighted by molar-refractivity contribution is 6.31. The van der Waals surface area contributed by atoms with Crippen LogP contribution in [0, 0.1) is 0 Å². The van der Waals surface area contributed by atoms with E-state index >= 15 is 0 Å². The number of piperidine rings is 1. The van der Waals surface area contributed by atoms with Crippen LogP contribution in [0.25, 0.3) is 0 Å². The van der Waals surface area contributed by atoms with E-state index in [1.165, 1.54) is 0 Å². The smallest absolute Gasteiger partial charge is 0.232 e. The van der Waals surface area contributed by atoms with Gasteiger partial charge in [0.25, 0.3) is 0 Å². The van der Waals surface area contributed by atoms with E-state index in [9.17, 15) is 0 Å². The van der Waals surface area contributed by atoms with Crippen LogP contribution in [0.2, 0.25) is 5.02 Å². The molecule has 3 nitrogen and oxygen atoms in total. The Balaban J connectivity index is 0.00000180. The Morgan fingerprint density at radius 2 is 1.84 bits per heavy atom. The van der Waals surface area contributed by atoms with Gasteiger partial charge in [-0.2, -0.15) is 0 Å². The molecule has 5 heteroatoms. The number of nitrogens with one attached hydrogen (secondary N) is 1. The van der Waals surface area contributed by atoms with E-state index < -0.39 is 0 Å². The summed E-state index contributed by atoms with van der Waals surface area (Å²) in [6, 6.07) is 3.62. The van der Waals surface area contributed by atoms with Gasteiger partial charge in [0, 0.05) is 30.1 Å². The van der Waals surface area contributed by atoms with Crippen LogP contribution in [-0.4, -0.2) is 22.2 Å². The molecular weight excluding hydrogens is 283 g/mol. The first-order valence-electron chi connectivity index (χ1n) is 6.34. The van der Waals surface area contributed by atoms with Crippen molar-refractivity contribution in [2.24, 2.45) is 0 Å². The topological polar surface area (TPSA) is 34.1 Å². The van der Waals surface area contributed by atoms with Gasteiger partial charge < -0.3 is 10.1 Å². The summed E-state index contributed by atoms with van der Waals surface area (Å²) >= 11 is 6.08. The summed E-state index contributed by atoms with van der Waals surface area (Å²) in [6.07, 6.45) is 3.74. The zero-order valence-electron chi connectivity index (χ0n) is 11.9. The van der Waals surface area contributed by atoms with E-state index in [1.54, 1.807) is 12.3 Å². The highest BCUT2D eigenvalue weighted by atomic mass is 35.5. The first kappa shape index (κ1) is 16.5. The van der Waals surface area contributed by atoms with Crippen molar-refractivity contribution in [3.63, 3.8) is 0 Å². The number of rotatable bonds is 2. The molecule has 2 rings (SSSR count). The number of halogens is 2. The van der Waals surface area contributed by atoms with Crippen LogP contribution < -0.4 is 10.1 Å². The molecule has 1 aliphatic rings. The van der Waals surface area contributed by atoms with Crippen molar-refractivity contribution in [3.8, 4) is 5.88 Å². The van der Waals surface area contributed by atoms with Crippen LogP contribution in [-0.2, 0) is 0 Å². The normalized spacial score (nSPS) is 21.5. The summed E-state index contributed by atoms with van der Waals surface area (Å²) < 4.78 is 5.97. The Hall–Kier alpha value is -0.510. The number of ether oxygens (including phenoxy) is 1. The third kappa shape index (κ3) is 4.51. The Morgan fingerprint density at radius 3 is 2.37 bits per heavy atom. The largest absolute Gasteiger partial charge is 0.473 e. The second kappa shape index (κ2) is 5.86. The van der Waals surface area contributed by atoms with E-state index in [0.29, 0.717) is 10.9 Å². The molecule has 0 saturated carbocycles. The minimum atomic E-state index is 0. The Kier molecular flexibility index (Phi) is 5.10. The molecule has 1 aliphatic heterocycles. The standard InChI is InChI=1S/C14H21ClN2O.ClH/c1-13(2)8-10(9-14(3,4)17-13)18-12-11(15)6-5-7-16-12;/h5-7,10,17H,8-9H2,1-4H3;1H. The molecular formula is C14H22Cl2N2O. The van der Waals surface area contributed by atoms with Gasteiger partial charge in [0.1, 0.15) is 11.1 Å². The lowest BCUT2D eigenvalue weighted by Crippen LogP contribution is -2.60. The summed E-state index contributed by atoms with van der Waals surface area (Å²) in [5, 5.41) is 4.20. The summed E-state index contributed by atoms with van der Waals surface area (Å²) in [4.78, 5) is 4.19. The van der Waals surface area contributed by atoms with Gasteiger partial charge in [-0.1, -0.05) is 11.6 Å². The summed E-state index contributed by atoms with van der Waals surface area (Å²) in [5.41, 5.74) is 0.126. The Morgan fingerprint density at radius 1 is 1.26 bits per heavy atom. The molecule has 0 amide bonds. The minimum absolute atomic E-state index is 0. The molecule has 0 aromatic carbocycles. The molecule has 0 bridgehead atoms. The monoisotopic (exact) mass is 304 g/mol. The van der Waals surface area contributed by atoms with Crippen molar-refractivity contribution in [1.82, 2.24) is 10.3 Å². The fourth-order valence-electron chi connectivity index (χ4n) is 2.93. The summed E-state index contributed by atoms with van der Waals surface area (Å²) in [5.74, 6) is 0.540. The minimum Gasteiger partial charge on any atom is -0.473 e. The quantitative estimate of drug-likeness (QED) is 0.901. The van der Waals surface area contributed by atoms with Gasteiger partial charge in [-0.05, 0) is 39.8 Å². The third-order valence-electron chi connectivity index (χ3n) is 3.16. The number of pyridine rings is 1. The fourth-order valence-corrected chi connectivity index (χ4v) is 3.09. The van der Waals surface area contributed by atoms with E-state index in [-0.39, 0.29) is 29.6 Å². The Labute approximate surface area is 126 Å². The lowest BCUT2D eigenvalue weighted by molar-refractivity contribution is 0.0531. The molecule has 0 unspecified atom stereocenters. The van der Waals surface area contributed by atoms with Gasteiger partial charge in [0.15, 0.2) is 0 Å². The second-order valence-electron chi connectivity index (χ2n) is 6.33. The van der Waals surface area contributed by atoms with Gasteiger partial charge in [-0.15, -0.1) is 12.4 Å². The molecule has 1 saturated heterocycles. The predicted octanol–water partition coefficient (Wildman–Crippen LogP) is 3.84. The van der Waals surface area contributed by atoms with E-state index in [1.807, 2.05) is 6.07 Å². The molecule has 0 aliphatic carbocycles. The SMILES string of the molecule is CC1(C)CC(Oc2ncccc2Cl)CC(C)(C)N1.Cl. The van der Waals surface area contributed by atoms with Crippen molar-refractivity contribution in [1.29, 1.82) is 0 Å². The van der Waals surface area contributed by atoms with Crippen LogP contribution >= 0.6 is 24.0 Å². The highest BCUT2D eigenvalue weighted by Crippen LogP contribution is 2.32. The van der Waals surface area contributed by atoms with Crippen molar-refractivity contribution in [2.75, 3.05) is 0 Å². The van der Waals surface area contributed by atoms with E-state index in [4.69, 9.17) is 16.3 Å². The lowest BCUT2D eigenvalue weighted by Gasteiger charge is -2.46. The zero-order chi connectivity index (χ0) is 13.4. The molecule has 1 fully saturated rings. The third-order valence-corrected chi connectivity index (χ3v) is 3.44.